The average Bonchev–Trinajstić information content (AvgIpc) is 2.29. The summed E-state index contributed by atoms with van der Waals surface area (Å²) < 4.78 is 10.6. The van der Waals surface area contributed by atoms with E-state index in [1.165, 1.54) is 7.05 Å². The Hall–Kier alpha value is -1.71. The van der Waals surface area contributed by atoms with E-state index in [1.807, 2.05) is 12.1 Å². The molecule has 1 aliphatic rings. The SMILES string of the molecule is CNC(=O)Oc1cccc2c1OCCC2. The number of carbonyl (C=O) groups is 1. The molecule has 80 valence electrons. The summed E-state index contributed by atoms with van der Waals surface area (Å²) in [5.41, 5.74) is 1.10. The number of fused-ring (bicyclic) bond motifs is 1. The maximum absolute atomic E-state index is 11.1. The predicted octanol–water partition coefficient (Wildman–Crippen LogP) is 1.73. The molecule has 1 aromatic carbocycles. The highest BCUT2D eigenvalue weighted by Gasteiger charge is 2.16. The number of aryl methyl sites for hydroxylation is 1. The van der Waals surface area contributed by atoms with E-state index in [1.54, 1.807) is 6.07 Å². The number of hydrogen-bond acceptors (Lipinski definition) is 3. The van der Waals surface area contributed by atoms with Crippen LogP contribution in [0, 0.1) is 0 Å². The zero-order chi connectivity index (χ0) is 10.7. The minimum Gasteiger partial charge on any atom is -0.489 e. The van der Waals surface area contributed by atoms with Gasteiger partial charge in [0.1, 0.15) is 0 Å². The van der Waals surface area contributed by atoms with Crippen molar-refractivity contribution in [3.63, 3.8) is 0 Å². The quantitative estimate of drug-likeness (QED) is 0.762. The van der Waals surface area contributed by atoms with Crippen molar-refractivity contribution in [1.29, 1.82) is 0 Å². The van der Waals surface area contributed by atoms with Gasteiger partial charge in [-0.2, -0.15) is 0 Å². The Bertz CT molecular complexity index is 376. The largest absolute Gasteiger partial charge is 0.489 e. The van der Waals surface area contributed by atoms with Gasteiger partial charge in [-0.05, 0) is 24.5 Å². The first-order valence-electron chi connectivity index (χ1n) is 4.95. The Morgan fingerprint density at radius 1 is 1.53 bits per heavy atom. The molecule has 15 heavy (non-hydrogen) atoms. The molecule has 4 heteroatoms. The highest BCUT2D eigenvalue weighted by atomic mass is 16.6. The summed E-state index contributed by atoms with van der Waals surface area (Å²) in [6.45, 7) is 0.682. The van der Waals surface area contributed by atoms with Crippen molar-refractivity contribution in [1.82, 2.24) is 5.32 Å². The molecule has 4 nitrogen and oxygen atoms in total. The van der Waals surface area contributed by atoms with Crippen LogP contribution in [0.15, 0.2) is 18.2 Å². The first-order chi connectivity index (χ1) is 7.31. The van der Waals surface area contributed by atoms with Gasteiger partial charge in [-0.15, -0.1) is 0 Å². The number of ether oxygens (including phenoxy) is 2. The second kappa shape index (κ2) is 4.21. The lowest BCUT2D eigenvalue weighted by Gasteiger charge is -2.19. The molecule has 0 atom stereocenters. The van der Waals surface area contributed by atoms with Crippen molar-refractivity contribution in [3.05, 3.63) is 23.8 Å². The van der Waals surface area contributed by atoms with Crippen molar-refractivity contribution in [2.45, 2.75) is 12.8 Å². The van der Waals surface area contributed by atoms with Crippen molar-refractivity contribution in [2.75, 3.05) is 13.7 Å². The van der Waals surface area contributed by atoms with Crippen molar-refractivity contribution < 1.29 is 14.3 Å². The first kappa shape index (κ1) is 9.83. The van der Waals surface area contributed by atoms with Crippen molar-refractivity contribution in [3.8, 4) is 11.5 Å². The monoisotopic (exact) mass is 207 g/mol. The fourth-order valence-electron chi connectivity index (χ4n) is 1.59. The molecule has 1 aliphatic heterocycles. The Morgan fingerprint density at radius 3 is 3.20 bits per heavy atom. The molecule has 0 unspecified atom stereocenters. The lowest BCUT2D eigenvalue weighted by Crippen LogP contribution is -2.23. The molecule has 2 rings (SSSR count). The molecule has 1 aromatic rings. The highest BCUT2D eigenvalue weighted by molar-refractivity contribution is 5.71. The minimum absolute atomic E-state index is 0.474. The lowest BCUT2D eigenvalue weighted by atomic mass is 10.1. The average molecular weight is 207 g/mol. The number of amides is 1. The fraction of sp³-hybridized carbons (Fsp3) is 0.364. The molecule has 0 radical (unpaired) electrons. The maximum atomic E-state index is 11.1. The van der Waals surface area contributed by atoms with E-state index in [0.717, 1.165) is 18.4 Å². The van der Waals surface area contributed by atoms with E-state index in [4.69, 9.17) is 9.47 Å². The van der Waals surface area contributed by atoms with Gasteiger partial charge >= 0.3 is 6.09 Å². The van der Waals surface area contributed by atoms with Gasteiger partial charge in [-0.1, -0.05) is 12.1 Å². The summed E-state index contributed by atoms with van der Waals surface area (Å²) >= 11 is 0. The van der Waals surface area contributed by atoms with Crippen LogP contribution in [0.3, 0.4) is 0 Å². The number of nitrogens with one attached hydrogen (secondary N) is 1. The van der Waals surface area contributed by atoms with Gasteiger partial charge in [-0.25, -0.2) is 4.79 Å². The van der Waals surface area contributed by atoms with Gasteiger partial charge < -0.3 is 14.8 Å². The smallest absolute Gasteiger partial charge is 0.412 e. The first-order valence-corrected chi connectivity index (χ1v) is 4.95. The van der Waals surface area contributed by atoms with Crippen LogP contribution in [0.4, 0.5) is 4.79 Å². The van der Waals surface area contributed by atoms with Crippen LogP contribution in [0.5, 0.6) is 11.5 Å². The van der Waals surface area contributed by atoms with Crippen LogP contribution in [0.1, 0.15) is 12.0 Å². The van der Waals surface area contributed by atoms with Crippen LogP contribution >= 0.6 is 0 Å². The number of carbonyl (C=O) groups excluding carboxylic acids is 1. The molecular formula is C11H13NO3. The standard InChI is InChI=1S/C11H13NO3/c1-12-11(13)15-9-6-2-4-8-5-3-7-14-10(8)9/h2,4,6H,3,5,7H2,1H3,(H,12,13). The third kappa shape index (κ3) is 2.03. The van der Waals surface area contributed by atoms with Crippen LogP contribution in [0.25, 0.3) is 0 Å². The summed E-state index contributed by atoms with van der Waals surface area (Å²) in [7, 11) is 1.53. The summed E-state index contributed by atoms with van der Waals surface area (Å²) in [6.07, 6.45) is 1.51. The van der Waals surface area contributed by atoms with Gasteiger partial charge in [0.05, 0.1) is 6.61 Å². The Morgan fingerprint density at radius 2 is 2.40 bits per heavy atom. The summed E-state index contributed by atoms with van der Waals surface area (Å²) in [4.78, 5) is 11.1. The van der Waals surface area contributed by atoms with E-state index in [2.05, 4.69) is 5.32 Å². The Balaban J connectivity index is 2.27. The zero-order valence-electron chi connectivity index (χ0n) is 8.58. The van der Waals surface area contributed by atoms with E-state index in [9.17, 15) is 4.79 Å². The van der Waals surface area contributed by atoms with Crippen LogP contribution in [-0.4, -0.2) is 19.7 Å². The van der Waals surface area contributed by atoms with E-state index in [-0.39, 0.29) is 0 Å². The molecule has 0 aromatic heterocycles. The number of rotatable bonds is 1. The summed E-state index contributed by atoms with van der Waals surface area (Å²) in [5, 5.41) is 2.40. The summed E-state index contributed by atoms with van der Waals surface area (Å²) in [6, 6.07) is 5.59. The molecule has 0 fully saturated rings. The molecule has 0 spiro atoms. The van der Waals surface area contributed by atoms with E-state index in [0.29, 0.717) is 18.1 Å². The Kier molecular flexibility index (Phi) is 2.76. The highest BCUT2D eigenvalue weighted by Crippen LogP contribution is 2.34. The van der Waals surface area contributed by atoms with Gasteiger partial charge in [0.15, 0.2) is 11.5 Å². The van der Waals surface area contributed by atoms with Crippen molar-refractivity contribution >= 4 is 6.09 Å². The molecule has 0 saturated heterocycles. The molecule has 1 amide bonds. The molecule has 1 N–H and O–H groups in total. The van der Waals surface area contributed by atoms with Gasteiger partial charge in [0.2, 0.25) is 0 Å². The number of hydrogen-bond donors (Lipinski definition) is 1. The molecule has 0 saturated carbocycles. The number of para-hydroxylation sites is 1. The van der Waals surface area contributed by atoms with Crippen LogP contribution < -0.4 is 14.8 Å². The summed E-state index contributed by atoms with van der Waals surface area (Å²) in [5.74, 6) is 1.19. The van der Waals surface area contributed by atoms with Gasteiger partial charge in [0, 0.05) is 7.05 Å². The van der Waals surface area contributed by atoms with Crippen molar-refractivity contribution in [2.24, 2.45) is 0 Å². The van der Waals surface area contributed by atoms with Gasteiger partial charge in [-0.3, -0.25) is 0 Å². The lowest BCUT2D eigenvalue weighted by molar-refractivity contribution is 0.198. The van der Waals surface area contributed by atoms with E-state index >= 15 is 0 Å². The second-order valence-electron chi connectivity index (χ2n) is 3.34. The normalized spacial score (nSPS) is 13.7. The number of benzene rings is 1. The molecule has 1 heterocycles. The molecular weight excluding hydrogens is 194 g/mol. The van der Waals surface area contributed by atoms with Crippen LogP contribution in [-0.2, 0) is 6.42 Å². The topological polar surface area (TPSA) is 47.6 Å². The van der Waals surface area contributed by atoms with Crippen LogP contribution in [0.2, 0.25) is 0 Å². The fourth-order valence-corrected chi connectivity index (χ4v) is 1.59. The third-order valence-electron chi connectivity index (χ3n) is 2.30. The molecule has 0 bridgehead atoms. The maximum Gasteiger partial charge on any atom is 0.412 e. The minimum atomic E-state index is -0.474. The Labute approximate surface area is 88.2 Å². The van der Waals surface area contributed by atoms with E-state index < -0.39 is 6.09 Å². The molecule has 0 aliphatic carbocycles. The van der Waals surface area contributed by atoms with Gasteiger partial charge in [0.25, 0.3) is 0 Å². The zero-order valence-corrected chi connectivity index (χ0v) is 8.58. The third-order valence-corrected chi connectivity index (χ3v) is 2.30. The second-order valence-corrected chi connectivity index (χ2v) is 3.34. The predicted molar refractivity (Wildman–Crippen MR) is 55.3 cm³/mol.